The van der Waals surface area contributed by atoms with Crippen molar-refractivity contribution in [3.05, 3.63) is 27.4 Å². The van der Waals surface area contributed by atoms with Crippen molar-refractivity contribution in [2.75, 3.05) is 0 Å². The van der Waals surface area contributed by atoms with Crippen molar-refractivity contribution in [2.24, 2.45) is 5.73 Å². The first-order valence-electron chi connectivity index (χ1n) is 4.45. The number of hydrogen-bond acceptors (Lipinski definition) is 4. The summed E-state index contributed by atoms with van der Waals surface area (Å²) in [5, 5.41) is 3.09. The van der Waals surface area contributed by atoms with Crippen LogP contribution in [0.1, 0.15) is 22.9 Å². The van der Waals surface area contributed by atoms with Crippen LogP contribution in [-0.2, 0) is 0 Å². The van der Waals surface area contributed by atoms with Gasteiger partial charge in [-0.2, -0.15) is 0 Å². The molecule has 2 aromatic heterocycles. The zero-order valence-electron chi connectivity index (χ0n) is 8.15. The van der Waals surface area contributed by atoms with Gasteiger partial charge < -0.3 is 5.73 Å². The maximum Gasteiger partial charge on any atom is 0.110 e. The lowest BCUT2D eigenvalue weighted by molar-refractivity contribution is 0.808. The van der Waals surface area contributed by atoms with Gasteiger partial charge in [0.2, 0.25) is 0 Å². The third-order valence-electron chi connectivity index (χ3n) is 1.96. The number of aromatic nitrogens is 1. The first-order valence-corrected chi connectivity index (χ1v) is 6.15. The van der Waals surface area contributed by atoms with Gasteiger partial charge in [0.15, 0.2) is 0 Å². The Morgan fingerprint density at radius 3 is 2.79 bits per heavy atom. The highest BCUT2D eigenvalue weighted by atomic mass is 32.1. The van der Waals surface area contributed by atoms with Gasteiger partial charge in [-0.15, -0.1) is 22.7 Å². The first-order chi connectivity index (χ1) is 6.68. The van der Waals surface area contributed by atoms with Crippen molar-refractivity contribution in [1.29, 1.82) is 0 Å². The van der Waals surface area contributed by atoms with Crippen LogP contribution in [0.15, 0.2) is 17.5 Å². The van der Waals surface area contributed by atoms with Crippen LogP contribution >= 0.6 is 22.7 Å². The van der Waals surface area contributed by atoms with Crippen LogP contribution in [0, 0.1) is 6.92 Å². The van der Waals surface area contributed by atoms with E-state index in [0.29, 0.717) is 0 Å². The van der Waals surface area contributed by atoms with Crippen molar-refractivity contribution >= 4 is 22.7 Å². The van der Waals surface area contributed by atoms with Gasteiger partial charge in [0.25, 0.3) is 0 Å². The number of hydrogen-bond donors (Lipinski definition) is 1. The second kappa shape index (κ2) is 3.81. The first kappa shape index (κ1) is 9.83. The van der Waals surface area contributed by atoms with Gasteiger partial charge in [-0.1, -0.05) is 6.07 Å². The molecule has 0 bridgehead atoms. The second-order valence-corrected chi connectivity index (χ2v) is 5.41. The number of thiazole rings is 1. The Morgan fingerprint density at radius 2 is 2.29 bits per heavy atom. The van der Waals surface area contributed by atoms with E-state index in [1.165, 1.54) is 9.75 Å². The third-order valence-corrected chi connectivity index (χ3v) is 4.01. The monoisotopic (exact) mass is 224 g/mol. The molecule has 0 aliphatic rings. The Bertz CT molecular complexity index is 415. The molecule has 2 nitrogen and oxygen atoms in total. The summed E-state index contributed by atoms with van der Waals surface area (Å²) < 4.78 is 0. The fourth-order valence-electron chi connectivity index (χ4n) is 1.25. The number of nitrogens with two attached hydrogens (primary N) is 1. The van der Waals surface area contributed by atoms with E-state index in [9.17, 15) is 0 Å². The Balaban J connectivity index is 2.45. The maximum absolute atomic E-state index is 5.80. The average Bonchev–Trinajstić information content (AvgIpc) is 2.71. The number of thiophene rings is 1. The molecule has 2 rings (SSSR count). The molecule has 0 aliphatic heterocycles. The SMILES string of the molecule is Cc1sc(C(C)N)nc1-c1cccs1. The Morgan fingerprint density at radius 1 is 1.50 bits per heavy atom. The number of rotatable bonds is 2. The highest BCUT2D eigenvalue weighted by Gasteiger charge is 2.12. The normalized spacial score (nSPS) is 13.1. The van der Waals surface area contributed by atoms with E-state index in [4.69, 9.17) is 5.73 Å². The van der Waals surface area contributed by atoms with Gasteiger partial charge in [0.1, 0.15) is 5.01 Å². The van der Waals surface area contributed by atoms with Gasteiger partial charge in [0, 0.05) is 4.88 Å². The quantitative estimate of drug-likeness (QED) is 0.850. The smallest absolute Gasteiger partial charge is 0.110 e. The molecular weight excluding hydrogens is 212 g/mol. The van der Waals surface area contributed by atoms with E-state index < -0.39 is 0 Å². The van der Waals surface area contributed by atoms with Gasteiger partial charge in [-0.25, -0.2) is 4.98 Å². The maximum atomic E-state index is 5.80. The van der Waals surface area contributed by atoms with Crippen molar-refractivity contribution in [3.8, 4) is 10.6 Å². The zero-order valence-corrected chi connectivity index (χ0v) is 9.78. The molecule has 74 valence electrons. The zero-order chi connectivity index (χ0) is 10.1. The van der Waals surface area contributed by atoms with E-state index in [0.717, 1.165) is 10.7 Å². The van der Waals surface area contributed by atoms with Crippen molar-refractivity contribution in [1.82, 2.24) is 4.98 Å². The van der Waals surface area contributed by atoms with Crippen LogP contribution in [0.5, 0.6) is 0 Å². The van der Waals surface area contributed by atoms with E-state index in [1.807, 2.05) is 13.0 Å². The molecule has 4 heteroatoms. The molecular formula is C10H12N2S2. The molecule has 0 aliphatic carbocycles. The molecule has 0 saturated heterocycles. The highest BCUT2D eigenvalue weighted by Crippen LogP contribution is 2.32. The molecule has 14 heavy (non-hydrogen) atoms. The summed E-state index contributed by atoms with van der Waals surface area (Å²) in [6, 6.07) is 4.18. The topological polar surface area (TPSA) is 38.9 Å². The number of nitrogens with zero attached hydrogens (tertiary/aromatic N) is 1. The largest absolute Gasteiger partial charge is 0.322 e. The Labute approximate surface area is 91.4 Å². The lowest BCUT2D eigenvalue weighted by Gasteiger charge is -1.96. The van der Waals surface area contributed by atoms with Crippen molar-refractivity contribution in [2.45, 2.75) is 19.9 Å². The molecule has 2 aromatic rings. The van der Waals surface area contributed by atoms with Crippen LogP contribution in [-0.4, -0.2) is 4.98 Å². The minimum absolute atomic E-state index is 0.0346. The Kier molecular flexibility index (Phi) is 2.67. The molecule has 0 fully saturated rings. The molecule has 0 amide bonds. The molecule has 2 N–H and O–H groups in total. The minimum Gasteiger partial charge on any atom is -0.322 e. The second-order valence-electron chi connectivity index (χ2n) is 3.22. The lowest BCUT2D eigenvalue weighted by atomic mass is 10.3. The van der Waals surface area contributed by atoms with E-state index >= 15 is 0 Å². The predicted octanol–water partition coefficient (Wildman–Crippen LogP) is 3.20. The molecule has 0 spiro atoms. The standard InChI is InChI=1S/C10H12N2S2/c1-6(11)10-12-9(7(2)14-10)8-4-3-5-13-8/h3-6H,11H2,1-2H3. The fourth-order valence-corrected chi connectivity index (χ4v) is 2.98. The van der Waals surface area contributed by atoms with E-state index in [-0.39, 0.29) is 6.04 Å². The third kappa shape index (κ3) is 1.73. The predicted molar refractivity (Wildman–Crippen MR) is 62.8 cm³/mol. The summed E-state index contributed by atoms with van der Waals surface area (Å²) in [6.45, 7) is 4.06. The van der Waals surface area contributed by atoms with Crippen LogP contribution < -0.4 is 5.73 Å². The molecule has 1 atom stereocenters. The van der Waals surface area contributed by atoms with E-state index in [2.05, 4.69) is 23.4 Å². The van der Waals surface area contributed by atoms with Crippen molar-refractivity contribution < 1.29 is 0 Å². The summed E-state index contributed by atoms with van der Waals surface area (Å²) >= 11 is 3.41. The van der Waals surface area contributed by atoms with Gasteiger partial charge in [-0.05, 0) is 25.3 Å². The molecule has 0 radical (unpaired) electrons. The summed E-state index contributed by atoms with van der Waals surface area (Å²) in [5.74, 6) is 0. The minimum atomic E-state index is 0.0346. The van der Waals surface area contributed by atoms with Crippen LogP contribution in [0.3, 0.4) is 0 Å². The van der Waals surface area contributed by atoms with Gasteiger partial charge in [0.05, 0.1) is 16.6 Å². The molecule has 1 unspecified atom stereocenters. The summed E-state index contributed by atoms with van der Waals surface area (Å²) in [7, 11) is 0. The van der Waals surface area contributed by atoms with Gasteiger partial charge >= 0.3 is 0 Å². The summed E-state index contributed by atoms with van der Waals surface area (Å²) in [4.78, 5) is 7.03. The van der Waals surface area contributed by atoms with Crippen LogP contribution in [0.2, 0.25) is 0 Å². The van der Waals surface area contributed by atoms with Crippen molar-refractivity contribution in [3.63, 3.8) is 0 Å². The molecule has 0 saturated carbocycles. The lowest BCUT2D eigenvalue weighted by Crippen LogP contribution is -2.03. The summed E-state index contributed by atoms with van der Waals surface area (Å²) in [6.07, 6.45) is 0. The van der Waals surface area contributed by atoms with Gasteiger partial charge in [-0.3, -0.25) is 0 Å². The highest BCUT2D eigenvalue weighted by molar-refractivity contribution is 7.15. The average molecular weight is 224 g/mol. The van der Waals surface area contributed by atoms with Crippen LogP contribution in [0.25, 0.3) is 10.6 Å². The Hall–Kier alpha value is -0.710. The van der Waals surface area contributed by atoms with E-state index in [1.54, 1.807) is 22.7 Å². The fraction of sp³-hybridized carbons (Fsp3) is 0.300. The summed E-state index contributed by atoms with van der Waals surface area (Å²) in [5.41, 5.74) is 6.90. The van der Waals surface area contributed by atoms with Crippen LogP contribution in [0.4, 0.5) is 0 Å². The molecule has 0 aromatic carbocycles. The molecule has 2 heterocycles. The number of aryl methyl sites for hydroxylation is 1.